The van der Waals surface area contributed by atoms with E-state index in [2.05, 4.69) is 66.4 Å². The first-order valence-corrected chi connectivity index (χ1v) is 7.46. The molecule has 0 saturated carbocycles. The first kappa shape index (κ1) is 14.8. The first-order valence-electron chi connectivity index (χ1n) is 7.46. The standard InChI is InChI=1S/C17H25N3/c1-14(2)20(3)13-7-6-11-18-17-16-9-5-4-8-15(16)10-12-19-17/h4-5,8-10,12,14H,6-7,11,13H2,1-3H3,(H,18,19). The van der Waals surface area contributed by atoms with Crippen LogP contribution in [0, 0.1) is 0 Å². The van der Waals surface area contributed by atoms with Crippen LogP contribution in [0.25, 0.3) is 10.8 Å². The molecule has 0 aliphatic carbocycles. The van der Waals surface area contributed by atoms with Gasteiger partial charge in [-0.1, -0.05) is 24.3 Å². The minimum atomic E-state index is 0.627. The maximum absolute atomic E-state index is 4.45. The molecule has 0 spiro atoms. The Bertz CT molecular complexity index is 531. The summed E-state index contributed by atoms with van der Waals surface area (Å²) in [5, 5.41) is 5.90. The molecule has 1 aromatic heterocycles. The zero-order valence-corrected chi connectivity index (χ0v) is 12.8. The molecule has 1 aromatic carbocycles. The van der Waals surface area contributed by atoms with Crippen molar-refractivity contribution in [1.29, 1.82) is 0 Å². The van der Waals surface area contributed by atoms with E-state index in [0.29, 0.717) is 6.04 Å². The van der Waals surface area contributed by atoms with E-state index >= 15 is 0 Å². The maximum atomic E-state index is 4.45. The second-order valence-electron chi connectivity index (χ2n) is 5.59. The van der Waals surface area contributed by atoms with Crippen molar-refractivity contribution in [2.45, 2.75) is 32.7 Å². The molecule has 2 aromatic rings. The largest absolute Gasteiger partial charge is 0.370 e. The lowest BCUT2D eigenvalue weighted by atomic mass is 10.1. The van der Waals surface area contributed by atoms with Gasteiger partial charge in [-0.3, -0.25) is 0 Å². The molecule has 0 atom stereocenters. The summed E-state index contributed by atoms with van der Waals surface area (Å²) in [5.41, 5.74) is 0. The Kier molecular flexibility index (Phi) is 5.36. The van der Waals surface area contributed by atoms with Gasteiger partial charge in [-0.15, -0.1) is 0 Å². The lowest BCUT2D eigenvalue weighted by molar-refractivity contribution is 0.269. The summed E-state index contributed by atoms with van der Waals surface area (Å²) in [6, 6.07) is 11.1. The van der Waals surface area contributed by atoms with Crippen molar-refractivity contribution in [1.82, 2.24) is 9.88 Å². The van der Waals surface area contributed by atoms with E-state index in [-0.39, 0.29) is 0 Å². The number of aromatic nitrogens is 1. The Morgan fingerprint density at radius 3 is 2.75 bits per heavy atom. The van der Waals surface area contributed by atoms with Crippen LogP contribution in [0.2, 0.25) is 0 Å². The molecule has 0 aliphatic rings. The van der Waals surface area contributed by atoms with Crippen molar-refractivity contribution in [2.75, 3.05) is 25.5 Å². The van der Waals surface area contributed by atoms with Gasteiger partial charge in [-0.05, 0) is 51.7 Å². The number of unbranched alkanes of at least 4 members (excludes halogenated alkanes) is 1. The normalized spacial score (nSPS) is 11.4. The second-order valence-corrected chi connectivity index (χ2v) is 5.59. The average Bonchev–Trinajstić information content (AvgIpc) is 2.46. The van der Waals surface area contributed by atoms with Gasteiger partial charge in [0.1, 0.15) is 5.82 Å². The van der Waals surface area contributed by atoms with Crippen LogP contribution in [-0.4, -0.2) is 36.1 Å². The van der Waals surface area contributed by atoms with Gasteiger partial charge in [0.2, 0.25) is 0 Å². The van der Waals surface area contributed by atoms with E-state index in [4.69, 9.17) is 0 Å². The molecule has 108 valence electrons. The van der Waals surface area contributed by atoms with Gasteiger partial charge in [0, 0.05) is 24.2 Å². The number of benzene rings is 1. The monoisotopic (exact) mass is 271 g/mol. The molecule has 2 rings (SSSR count). The highest BCUT2D eigenvalue weighted by Gasteiger charge is 2.03. The molecule has 3 heteroatoms. The summed E-state index contributed by atoms with van der Waals surface area (Å²) in [5.74, 6) is 1.00. The van der Waals surface area contributed by atoms with Gasteiger partial charge in [-0.25, -0.2) is 4.98 Å². The summed E-state index contributed by atoms with van der Waals surface area (Å²) >= 11 is 0. The quantitative estimate of drug-likeness (QED) is 0.777. The van der Waals surface area contributed by atoms with Crippen LogP contribution in [-0.2, 0) is 0 Å². The summed E-state index contributed by atoms with van der Waals surface area (Å²) in [6.07, 6.45) is 4.26. The minimum absolute atomic E-state index is 0.627. The summed E-state index contributed by atoms with van der Waals surface area (Å²) < 4.78 is 0. The SMILES string of the molecule is CC(C)N(C)CCCCNc1nccc2ccccc12. The van der Waals surface area contributed by atoms with Gasteiger partial charge in [-0.2, -0.15) is 0 Å². The lowest BCUT2D eigenvalue weighted by Gasteiger charge is -2.20. The van der Waals surface area contributed by atoms with E-state index in [1.807, 2.05) is 6.20 Å². The van der Waals surface area contributed by atoms with Crippen molar-refractivity contribution < 1.29 is 0 Å². The highest BCUT2D eigenvalue weighted by molar-refractivity contribution is 5.91. The third-order valence-corrected chi connectivity index (χ3v) is 3.79. The van der Waals surface area contributed by atoms with Gasteiger partial charge in [0.15, 0.2) is 0 Å². The predicted molar refractivity (Wildman–Crippen MR) is 87.2 cm³/mol. The molecule has 0 fully saturated rings. The highest BCUT2D eigenvalue weighted by Crippen LogP contribution is 2.20. The van der Waals surface area contributed by atoms with Gasteiger partial charge >= 0.3 is 0 Å². The first-order chi connectivity index (χ1) is 9.68. The van der Waals surface area contributed by atoms with E-state index < -0.39 is 0 Å². The number of anilines is 1. The van der Waals surface area contributed by atoms with E-state index in [9.17, 15) is 0 Å². The lowest BCUT2D eigenvalue weighted by Crippen LogP contribution is -2.27. The molecule has 0 aliphatic heterocycles. The minimum Gasteiger partial charge on any atom is -0.370 e. The average molecular weight is 271 g/mol. The zero-order valence-electron chi connectivity index (χ0n) is 12.8. The molecule has 20 heavy (non-hydrogen) atoms. The molecule has 0 unspecified atom stereocenters. The third kappa shape index (κ3) is 3.94. The number of nitrogens with one attached hydrogen (secondary N) is 1. The molecule has 0 saturated heterocycles. The molecule has 3 nitrogen and oxygen atoms in total. The number of pyridine rings is 1. The van der Waals surface area contributed by atoms with E-state index in [1.54, 1.807) is 0 Å². The summed E-state index contributed by atoms with van der Waals surface area (Å²) in [6.45, 7) is 6.60. The molecular weight excluding hydrogens is 246 g/mol. The van der Waals surface area contributed by atoms with E-state index in [0.717, 1.165) is 18.9 Å². The number of rotatable bonds is 7. The van der Waals surface area contributed by atoms with E-state index in [1.165, 1.54) is 23.6 Å². The number of nitrogens with zero attached hydrogens (tertiary/aromatic N) is 2. The Hall–Kier alpha value is -1.61. The van der Waals surface area contributed by atoms with Crippen LogP contribution in [0.3, 0.4) is 0 Å². The Labute approximate surface area is 122 Å². The maximum Gasteiger partial charge on any atom is 0.133 e. The number of hydrogen-bond acceptors (Lipinski definition) is 3. The molecule has 1 N–H and O–H groups in total. The fourth-order valence-corrected chi connectivity index (χ4v) is 2.21. The van der Waals surface area contributed by atoms with Crippen molar-refractivity contribution in [3.63, 3.8) is 0 Å². The predicted octanol–water partition coefficient (Wildman–Crippen LogP) is 3.77. The smallest absolute Gasteiger partial charge is 0.133 e. The fourth-order valence-electron chi connectivity index (χ4n) is 2.21. The number of hydrogen-bond donors (Lipinski definition) is 1. The van der Waals surface area contributed by atoms with Gasteiger partial charge < -0.3 is 10.2 Å². The van der Waals surface area contributed by atoms with Crippen molar-refractivity contribution in [3.8, 4) is 0 Å². The van der Waals surface area contributed by atoms with Gasteiger partial charge in [0.05, 0.1) is 0 Å². The third-order valence-electron chi connectivity index (χ3n) is 3.79. The van der Waals surface area contributed by atoms with Crippen LogP contribution < -0.4 is 5.32 Å². The molecule has 0 radical (unpaired) electrons. The highest BCUT2D eigenvalue weighted by atomic mass is 15.1. The summed E-state index contributed by atoms with van der Waals surface area (Å²) in [7, 11) is 2.18. The van der Waals surface area contributed by atoms with Crippen LogP contribution in [0.4, 0.5) is 5.82 Å². The molecular formula is C17H25N3. The van der Waals surface area contributed by atoms with Crippen molar-refractivity contribution in [2.24, 2.45) is 0 Å². The Morgan fingerprint density at radius 1 is 1.15 bits per heavy atom. The fraction of sp³-hybridized carbons (Fsp3) is 0.471. The Balaban J connectivity index is 1.82. The topological polar surface area (TPSA) is 28.2 Å². The Morgan fingerprint density at radius 2 is 1.95 bits per heavy atom. The van der Waals surface area contributed by atoms with Crippen LogP contribution in [0.5, 0.6) is 0 Å². The van der Waals surface area contributed by atoms with Crippen LogP contribution in [0.1, 0.15) is 26.7 Å². The van der Waals surface area contributed by atoms with Crippen LogP contribution in [0.15, 0.2) is 36.5 Å². The summed E-state index contributed by atoms with van der Waals surface area (Å²) in [4.78, 5) is 6.83. The van der Waals surface area contributed by atoms with Crippen molar-refractivity contribution >= 4 is 16.6 Å². The van der Waals surface area contributed by atoms with Crippen LogP contribution >= 0.6 is 0 Å². The second kappa shape index (κ2) is 7.25. The molecule has 0 amide bonds. The van der Waals surface area contributed by atoms with Gasteiger partial charge in [0.25, 0.3) is 0 Å². The molecule has 0 bridgehead atoms. The molecule has 1 heterocycles. The van der Waals surface area contributed by atoms with Crippen molar-refractivity contribution in [3.05, 3.63) is 36.5 Å². The zero-order chi connectivity index (χ0) is 14.4. The number of fused-ring (bicyclic) bond motifs is 1.